The van der Waals surface area contributed by atoms with E-state index in [-0.39, 0.29) is 10.5 Å². The third-order valence-corrected chi connectivity index (χ3v) is 4.42. The summed E-state index contributed by atoms with van der Waals surface area (Å²) in [5, 5.41) is 0. The Bertz CT molecular complexity index is 970. The Morgan fingerprint density at radius 2 is 1.86 bits per heavy atom. The molecule has 3 aromatic rings. The van der Waals surface area contributed by atoms with Crippen molar-refractivity contribution in [1.29, 1.82) is 0 Å². The molecule has 0 fully saturated rings. The second-order valence-electron chi connectivity index (χ2n) is 4.51. The third-order valence-electron chi connectivity index (χ3n) is 3.04. The van der Waals surface area contributed by atoms with Crippen molar-refractivity contribution in [3.63, 3.8) is 0 Å². The molecule has 0 aliphatic rings. The Labute approximate surface area is 125 Å². The van der Waals surface area contributed by atoms with E-state index in [1.165, 1.54) is 25.3 Å². The van der Waals surface area contributed by atoms with E-state index in [2.05, 4.69) is 9.71 Å². The third kappa shape index (κ3) is 2.68. The minimum absolute atomic E-state index is 0.00133. The normalized spacial score (nSPS) is 11.5. The van der Waals surface area contributed by atoms with E-state index in [1.54, 1.807) is 24.3 Å². The van der Waals surface area contributed by atoms with Crippen LogP contribution < -0.4 is 15.2 Å². The molecule has 0 saturated heterocycles. The molecule has 0 radical (unpaired) electrons. The molecule has 3 rings (SSSR count). The summed E-state index contributed by atoms with van der Waals surface area (Å²) in [5.41, 5.74) is 1.02. The lowest BCUT2D eigenvalue weighted by Gasteiger charge is -2.08. The van der Waals surface area contributed by atoms with Crippen LogP contribution in [0.3, 0.4) is 0 Å². The summed E-state index contributed by atoms with van der Waals surface area (Å²) in [5.74, 6) is -0.00822. The SMILES string of the molecule is COc1ccc(NS(=O)(=O)c2ccc3[nH]c(=O)oc3c2)cc1. The zero-order chi connectivity index (χ0) is 15.7. The van der Waals surface area contributed by atoms with E-state index in [0.717, 1.165) is 0 Å². The van der Waals surface area contributed by atoms with Crippen molar-refractivity contribution < 1.29 is 17.6 Å². The standard InChI is InChI=1S/C14H12N2O5S/c1-20-10-4-2-9(3-5-10)16-22(18,19)11-6-7-12-13(8-11)21-14(17)15-12/h2-8,16H,1H3,(H,15,17). The van der Waals surface area contributed by atoms with E-state index < -0.39 is 15.8 Å². The minimum Gasteiger partial charge on any atom is -0.497 e. The molecule has 0 amide bonds. The molecule has 22 heavy (non-hydrogen) atoms. The largest absolute Gasteiger partial charge is 0.497 e. The lowest BCUT2D eigenvalue weighted by molar-refractivity contribution is 0.415. The van der Waals surface area contributed by atoms with Crippen LogP contribution in [0.15, 0.2) is 56.6 Å². The highest BCUT2D eigenvalue weighted by molar-refractivity contribution is 7.92. The smallest absolute Gasteiger partial charge is 0.417 e. The van der Waals surface area contributed by atoms with Crippen LogP contribution in [-0.2, 0) is 10.0 Å². The second-order valence-corrected chi connectivity index (χ2v) is 6.19. The molecule has 0 aliphatic carbocycles. The van der Waals surface area contributed by atoms with E-state index in [9.17, 15) is 13.2 Å². The average molecular weight is 320 g/mol. The molecular weight excluding hydrogens is 308 g/mol. The Morgan fingerprint density at radius 3 is 2.55 bits per heavy atom. The number of benzene rings is 2. The molecule has 0 bridgehead atoms. The summed E-state index contributed by atoms with van der Waals surface area (Å²) >= 11 is 0. The first-order valence-electron chi connectivity index (χ1n) is 6.28. The number of sulfonamides is 1. The summed E-state index contributed by atoms with van der Waals surface area (Å²) in [6.45, 7) is 0. The molecule has 114 valence electrons. The number of aromatic nitrogens is 1. The van der Waals surface area contributed by atoms with Gasteiger partial charge in [-0.3, -0.25) is 9.71 Å². The van der Waals surface area contributed by atoms with Gasteiger partial charge in [-0.15, -0.1) is 0 Å². The lowest BCUT2D eigenvalue weighted by atomic mass is 10.3. The van der Waals surface area contributed by atoms with Crippen LogP contribution >= 0.6 is 0 Å². The molecule has 0 atom stereocenters. The molecule has 0 saturated carbocycles. The Hall–Kier alpha value is -2.74. The van der Waals surface area contributed by atoms with Crippen LogP contribution in [0.2, 0.25) is 0 Å². The van der Waals surface area contributed by atoms with Crippen molar-refractivity contribution in [2.24, 2.45) is 0 Å². The number of aromatic amines is 1. The number of fused-ring (bicyclic) bond motifs is 1. The van der Waals surface area contributed by atoms with Crippen molar-refractivity contribution in [3.05, 3.63) is 53.0 Å². The quantitative estimate of drug-likeness (QED) is 0.765. The molecule has 0 aliphatic heterocycles. The van der Waals surface area contributed by atoms with E-state index in [0.29, 0.717) is 17.0 Å². The first-order chi connectivity index (χ1) is 10.5. The van der Waals surface area contributed by atoms with Gasteiger partial charge in [-0.2, -0.15) is 0 Å². The van der Waals surface area contributed by atoms with Gasteiger partial charge in [-0.25, -0.2) is 13.2 Å². The number of nitrogens with one attached hydrogen (secondary N) is 2. The zero-order valence-corrected chi connectivity index (χ0v) is 12.3. The van der Waals surface area contributed by atoms with Gasteiger partial charge in [0.25, 0.3) is 10.0 Å². The molecule has 7 nitrogen and oxygen atoms in total. The number of ether oxygens (including phenoxy) is 1. The molecule has 1 heterocycles. The fraction of sp³-hybridized carbons (Fsp3) is 0.0714. The van der Waals surface area contributed by atoms with Crippen LogP contribution in [0.5, 0.6) is 5.75 Å². The number of hydrogen-bond acceptors (Lipinski definition) is 5. The first-order valence-corrected chi connectivity index (χ1v) is 7.76. The van der Waals surface area contributed by atoms with Crippen LogP contribution in [0, 0.1) is 0 Å². The maximum atomic E-state index is 12.3. The fourth-order valence-electron chi connectivity index (χ4n) is 1.97. The van der Waals surface area contributed by atoms with Crippen LogP contribution in [-0.4, -0.2) is 20.5 Å². The van der Waals surface area contributed by atoms with Gasteiger partial charge in [0.15, 0.2) is 5.58 Å². The summed E-state index contributed by atoms with van der Waals surface area (Å²) in [7, 11) is -2.26. The Kier molecular flexibility index (Phi) is 3.38. The van der Waals surface area contributed by atoms with Crippen molar-refractivity contribution in [2.75, 3.05) is 11.8 Å². The van der Waals surface area contributed by atoms with Gasteiger partial charge >= 0.3 is 5.76 Å². The first kappa shape index (κ1) is 14.2. The van der Waals surface area contributed by atoms with Gasteiger partial charge in [-0.1, -0.05) is 0 Å². The molecule has 1 aromatic heterocycles. The maximum absolute atomic E-state index is 12.3. The van der Waals surface area contributed by atoms with Gasteiger partial charge in [0.2, 0.25) is 0 Å². The molecular formula is C14H12N2O5S. The highest BCUT2D eigenvalue weighted by atomic mass is 32.2. The molecule has 0 unspecified atom stereocenters. The number of rotatable bonds is 4. The van der Waals surface area contributed by atoms with Crippen LogP contribution in [0.4, 0.5) is 5.69 Å². The number of methoxy groups -OCH3 is 1. The predicted molar refractivity (Wildman–Crippen MR) is 80.6 cm³/mol. The molecule has 2 N–H and O–H groups in total. The highest BCUT2D eigenvalue weighted by Gasteiger charge is 2.16. The molecule has 2 aromatic carbocycles. The van der Waals surface area contributed by atoms with Gasteiger partial charge < -0.3 is 9.15 Å². The number of hydrogen-bond donors (Lipinski definition) is 2. The van der Waals surface area contributed by atoms with Crippen molar-refractivity contribution in [3.8, 4) is 5.75 Å². The van der Waals surface area contributed by atoms with E-state index >= 15 is 0 Å². The number of anilines is 1. The van der Waals surface area contributed by atoms with Crippen LogP contribution in [0.25, 0.3) is 11.1 Å². The van der Waals surface area contributed by atoms with Crippen molar-refractivity contribution >= 4 is 26.8 Å². The monoisotopic (exact) mass is 320 g/mol. The molecule has 0 spiro atoms. The van der Waals surface area contributed by atoms with E-state index in [4.69, 9.17) is 9.15 Å². The minimum atomic E-state index is -3.78. The Balaban J connectivity index is 1.94. The van der Waals surface area contributed by atoms with Gasteiger partial charge in [-0.05, 0) is 36.4 Å². The molecule has 8 heteroatoms. The summed E-state index contributed by atoms with van der Waals surface area (Å²) in [4.78, 5) is 13.5. The summed E-state index contributed by atoms with van der Waals surface area (Å²) in [6.07, 6.45) is 0. The fourth-order valence-corrected chi connectivity index (χ4v) is 3.04. The predicted octanol–water partition coefficient (Wildman–Crippen LogP) is 1.93. The number of oxazole rings is 1. The van der Waals surface area contributed by atoms with Crippen LogP contribution in [0.1, 0.15) is 0 Å². The topological polar surface area (TPSA) is 101 Å². The van der Waals surface area contributed by atoms with Crippen molar-refractivity contribution in [2.45, 2.75) is 4.90 Å². The van der Waals surface area contributed by atoms with Crippen molar-refractivity contribution in [1.82, 2.24) is 4.98 Å². The Morgan fingerprint density at radius 1 is 1.14 bits per heavy atom. The van der Waals surface area contributed by atoms with E-state index in [1.807, 2.05) is 0 Å². The van der Waals surface area contributed by atoms with Gasteiger partial charge in [0.1, 0.15) is 5.75 Å². The zero-order valence-electron chi connectivity index (χ0n) is 11.5. The average Bonchev–Trinajstić information content (AvgIpc) is 2.86. The summed E-state index contributed by atoms with van der Waals surface area (Å²) in [6, 6.07) is 10.6. The van der Waals surface area contributed by atoms with Gasteiger partial charge in [0.05, 0.1) is 17.5 Å². The van der Waals surface area contributed by atoms with Gasteiger partial charge in [0, 0.05) is 11.8 Å². The maximum Gasteiger partial charge on any atom is 0.417 e. The summed E-state index contributed by atoms with van der Waals surface area (Å²) < 4.78 is 37.0. The highest BCUT2D eigenvalue weighted by Crippen LogP contribution is 2.21. The second kappa shape index (κ2) is 5.23. The number of H-pyrrole nitrogens is 1. The lowest BCUT2D eigenvalue weighted by Crippen LogP contribution is -2.12.